The zero-order chi connectivity index (χ0) is 15.6. The fourth-order valence-electron chi connectivity index (χ4n) is 1.98. The molecule has 2 heterocycles. The van der Waals surface area contributed by atoms with Crippen molar-refractivity contribution < 1.29 is 8.94 Å². The molecule has 1 atom stereocenters. The predicted molar refractivity (Wildman–Crippen MR) is 78.7 cm³/mol. The number of aryl methyl sites for hydroxylation is 1. The maximum atomic E-state index is 5.78. The van der Waals surface area contributed by atoms with Crippen molar-refractivity contribution in [3.8, 4) is 0 Å². The summed E-state index contributed by atoms with van der Waals surface area (Å²) in [6.07, 6.45) is 1.79. The van der Waals surface area contributed by atoms with Gasteiger partial charge in [0.05, 0.1) is 18.8 Å². The molecule has 0 aliphatic carbocycles. The molecule has 0 spiro atoms. The van der Waals surface area contributed by atoms with Crippen LogP contribution in [0.2, 0.25) is 0 Å². The van der Waals surface area contributed by atoms with Crippen LogP contribution in [-0.2, 0) is 12.0 Å². The summed E-state index contributed by atoms with van der Waals surface area (Å²) in [4.78, 5) is 8.61. The molecule has 6 nitrogen and oxygen atoms in total. The highest BCUT2D eigenvalue weighted by atomic mass is 16.5. The fourth-order valence-corrected chi connectivity index (χ4v) is 1.98. The third-order valence-electron chi connectivity index (χ3n) is 3.24. The molecule has 0 unspecified atom stereocenters. The molecule has 0 aliphatic rings. The lowest BCUT2D eigenvalue weighted by atomic mass is 9.94. The van der Waals surface area contributed by atoms with Crippen molar-refractivity contribution in [1.82, 2.24) is 20.4 Å². The van der Waals surface area contributed by atoms with Crippen LogP contribution in [0.4, 0.5) is 0 Å². The quantitative estimate of drug-likeness (QED) is 0.912. The van der Waals surface area contributed by atoms with E-state index in [1.807, 2.05) is 6.92 Å². The highest BCUT2D eigenvalue weighted by Gasteiger charge is 2.23. The van der Waals surface area contributed by atoms with E-state index in [-0.39, 0.29) is 11.5 Å². The molecule has 2 aromatic heterocycles. The molecule has 6 heteroatoms. The van der Waals surface area contributed by atoms with Crippen molar-refractivity contribution in [3.63, 3.8) is 0 Å². The third kappa shape index (κ3) is 3.91. The number of rotatable bonds is 5. The lowest BCUT2D eigenvalue weighted by Crippen LogP contribution is -2.25. The van der Waals surface area contributed by atoms with E-state index in [4.69, 9.17) is 8.94 Å². The van der Waals surface area contributed by atoms with E-state index in [0.717, 1.165) is 5.76 Å². The third-order valence-corrected chi connectivity index (χ3v) is 3.24. The molecule has 0 saturated heterocycles. The maximum Gasteiger partial charge on any atom is 0.244 e. The maximum absolute atomic E-state index is 5.78. The summed E-state index contributed by atoms with van der Waals surface area (Å²) in [5.74, 6) is 3.12. The van der Waals surface area contributed by atoms with E-state index >= 15 is 0 Å². The topological polar surface area (TPSA) is 77.0 Å². The number of nitrogens with one attached hydrogen (secondary N) is 1. The van der Waals surface area contributed by atoms with Crippen molar-refractivity contribution in [2.24, 2.45) is 5.92 Å². The molecule has 116 valence electrons. The first-order valence-corrected chi connectivity index (χ1v) is 7.26. The summed E-state index contributed by atoms with van der Waals surface area (Å²) >= 11 is 0. The molecule has 2 aromatic rings. The van der Waals surface area contributed by atoms with Crippen LogP contribution in [0.3, 0.4) is 0 Å². The Morgan fingerprint density at radius 3 is 2.48 bits per heavy atom. The van der Waals surface area contributed by atoms with Crippen molar-refractivity contribution in [3.05, 3.63) is 29.6 Å². The van der Waals surface area contributed by atoms with Crippen molar-refractivity contribution in [1.29, 1.82) is 0 Å². The summed E-state index contributed by atoms with van der Waals surface area (Å²) < 4.78 is 11.0. The monoisotopic (exact) mass is 292 g/mol. The first-order valence-electron chi connectivity index (χ1n) is 7.26. The number of hydrogen-bond acceptors (Lipinski definition) is 6. The summed E-state index contributed by atoms with van der Waals surface area (Å²) in [5.41, 5.74) is -0.0354. The van der Waals surface area contributed by atoms with Gasteiger partial charge in [-0.3, -0.25) is 5.32 Å². The predicted octanol–water partition coefficient (Wildman–Crippen LogP) is 3.15. The Morgan fingerprint density at radius 1 is 1.29 bits per heavy atom. The van der Waals surface area contributed by atoms with E-state index in [0.29, 0.717) is 30.1 Å². The van der Waals surface area contributed by atoms with E-state index < -0.39 is 0 Å². The molecule has 0 radical (unpaired) electrons. The molecule has 1 N–H and O–H groups in total. The number of hydrogen-bond donors (Lipinski definition) is 1. The number of oxazole rings is 1. The van der Waals surface area contributed by atoms with Crippen LogP contribution < -0.4 is 5.32 Å². The highest BCUT2D eigenvalue weighted by molar-refractivity contribution is 5.06. The second-order valence-electron chi connectivity index (χ2n) is 6.65. The van der Waals surface area contributed by atoms with Gasteiger partial charge in [0.15, 0.2) is 5.82 Å². The zero-order valence-electron chi connectivity index (χ0n) is 13.6. The fraction of sp³-hybridized carbons (Fsp3) is 0.667. The lowest BCUT2D eigenvalue weighted by Gasteiger charge is -2.17. The molecular formula is C15H24N4O2. The average molecular weight is 292 g/mol. The Balaban J connectivity index is 2.04. The van der Waals surface area contributed by atoms with Crippen molar-refractivity contribution in [2.45, 2.75) is 59.5 Å². The minimum absolute atomic E-state index is 0.0174. The van der Waals surface area contributed by atoms with Gasteiger partial charge < -0.3 is 8.94 Å². The Hall–Kier alpha value is -1.69. The summed E-state index contributed by atoms with van der Waals surface area (Å²) in [6, 6.07) is -0.0174. The standard InChI is InChI=1S/C15H24N4O2/c1-9(2)13(14-18-10(3)19-21-14)17-8-12-16-7-11(20-12)15(4,5)6/h7,9,13,17H,8H2,1-6H3/t13-/m0/s1. The van der Waals surface area contributed by atoms with Crippen molar-refractivity contribution in [2.75, 3.05) is 0 Å². The molecule has 0 aliphatic heterocycles. The SMILES string of the molecule is Cc1noc([C@@H](NCc2ncc(C(C)(C)C)o2)C(C)C)n1. The van der Waals surface area contributed by atoms with E-state index in [1.165, 1.54) is 0 Å². The zero-order valence-corrected chi connectivity index (χ0v) is 13.6. The van der Waals surface area contributed by atoms with Gasteiger partial charge >= 0.3 is 0 Å². The van der Waals surface area contributed by atoms with Crippen LogP contribution in [0.25, 0.3) is 0 Å². The molecule has 0 aromatic carbocycles. The molecule has 21 heavy (non-hydrogen) atoms. The summed E-state index contributed by atoms with van der Waals surface area (Å²) in [7, 11) is 0. The van der Waals surface area contributed by atoms with Gasteiger partial charge in [-0.05, 0) is 12.8 Å². The first-order chi connectivity index (χ1) is 9.77. The van der Waals surface area contributed by atoms with E-state index in [9.17, 15) is 0 Å². The first kappa shape index (κ1) is 15.7. The molecule has 2 rings (SSSR count). The second kappa shape index (κ2) is 5.97. The van der Waals surface area contributed by atoms with Gasteiger partial charge in [-0.1, -0.05) is 39.8 Å². The van der Waals surface area contributed by atoms with Gasteiger partial charge in [0.1, 0.15) is 5.76 Å². The largest absolute Gasteiger partial charge is 0.444 e. The van der Waals surface area contributed by atoms with Crippen molar-refractivity contribution >= 4 is 0 Å². The van der Waals surface area contributed by atoms with Gasteiger partial charge in [-0.15, -0.1) is 0 Å². The van der Waals surface area contributed by atoms with E-state index in [1.54, 1.807) is 6.20 Å². The normalized spacial score (nSPS) is 13.9. The molecule has 0 bridgehead atoms. The van der Waals surface area contributed by atoms with Gasteiger partial charge in [0.25, 0.3) is 0 Å². The van der Waals surface area contributed by atoms with Crippen LogP contribution in [0.1, 0.15) is 64.0 Å². The summed E-state index contributed by atoms with van der Waals surface area (Å²) in [5, 5.41) is 7.22. The number of nitrogens with zero attached hydrogens (tertiary/aromatic N) is 3. The minimum atomic E-state index is -0.0354. The van der Waals surface area contributed by atoms with Crippen LogP contribution in [0.15, 0.2) is 15.1 Å². The molecular weight excluding hydrogens is 268 g/mol. The Kier molecular flexibility index (Phi) is 4.46. The lowest BCUT2D eigenvalue weighted by molar-refractivity contribution is 0.277. The number of aromatic nitrogens is 3. The smallest absolute Gasteiger partial charge is 0.244 e. The van der Waals surface area contributed by atoms with Gasteiger partial charge in [-0.25, -0.2) is 4.98 Å². The summed E-state index contributed by atoms with van der Waals surface area (Å²) in [6.45, 7) is 12.9. The average Bonchev–Trinajstić information content (AvgIpc) is 2.98. The van der Waals surface area contributed by atoms with Gasteiger partial charge in [-0.2, -0.15) is 4.98 Å². The Labute approximate surface area is 125 Å². The second-order valence-corrected chi connectivity index (χ2v) is 6.65. The Bertz CT molecular complexity index is 581. The van der Waals surface area contributed by atoms with Crippen LogP contribution in [0.5, 0.6) is 0 Å². The minimum Gasteiger partial charge on any atom is -0.444 e. The van der Waals surface area contributed by atoms with Gasteiger partial charge in [0.2, 0.25) is 11.8 Å². The van der Waals surface area contributed by atoms with Crippen LogP contribution in [-0.4, -0.2) is 15.1 Å². The van der Waals surface area contributed by atoms with Crippen LogP contribution >= 0.6 is 0 Å². The van der Waals surface area contributed by atoms with Crippen LogP contribution in [0, 0.1) is 12.8 Å². The van der Waals surface area contributed by atoms with Gasteiger partial charge in [0, 0.05) is 5.41 Å². The van der Waals surface area contributed by atoms with E-state index in [2.05, 4.69) is 55.1 Å². The molecule has 0 fully saturated rings. The highest BCUT2D eigenvalue weighted by Crippen LogP contribution is 2.24. The molecule has 0 amide bonds. The Morgan fingerprint density at radius 2 is 2.00 bits per heavy atom. The molecule has 0 saturated carbocycles.